The van der Waals surface area contributed by atoms with E-state index in [0.29, 0.717) is 10.1 Å². The third-order valence-electron chi connectivity index (χ3n) is 2.84. The van der Waals surface area contributed by atoms with Crippen molar-refractivity contribution in [3.63, 3.8) is 0 Å². The summed E-state index contributed by atoms with van der Waals surface area (Å²) in [4.78, 5) is 8.96. The van der Waals surface area contributed by atoms with Crippen LogP contribution in [0.1, 0.15) is 5.56 Å². The molecule has 21 heavy (non-hydrogen) atoms. The lowest BCUT2D eigenvalue weighted by Gasteiger charge is -2.08. The first-order valence-corrected chi connectivity index (χ1v) is 6.91. The minimum absolute atomic E-state index is 0.424. The summed E-state index contributed by atoms with van der Waals surface area (Å²) in [7, 11) is 0. The van der Waals surface area contributed by atoms with E-state index in [1.54, 1.807) is 12.3 Å². The lowest BCUT2D eigenvalue weighted by atomic mass is 10.2. The van der Waals surface area contributed by atoms with Crippen LogP contribution < -0.4 is 0 Å². The van der Waals surface area contributed by atoms with Crippen molar-refractivity contribution < 1.29 is 13.2 Å². The molecule has 0 aliphatic carbocycles. The van der Waals surface area contributed by atoms with E-state index in [4.69, 9.17) is 0 Å². The molecule has 0 saturated heterocycles. The Morgan fingerprint density at radius 1 is 0.952 bits per heavy atom. The second-order valence-corrected chi connectivity index (χ2v) is 5.38. The van der Waals surface area contributed by atoms with Gasteiger partial charge in [-0.3, -0.25) is 0 Å². The first kappa shape index (κ1) is 13.9. The zero-order valence-corrected chi connectivity index (χ0v) is 11.4. The van der Waals surface area contributed by atoms with Crippen LogP contribution in [0.15, 0.2) is 64.8 Å². The van der Waals surface area contributed by atoms with Crippen molar-refractivity contribution >= 4 is 22.7 Å². The molecule has 2 nitrogen and oxygen atoms in total. The Labute approximate surface area is 123 Å². The molecule has 3 rings (SSSR count). The zero-order valence-electron chi connectivity index (χ0n) is 10.6. The van der Waals surface area contributed by atoms with Crippen molar-refractivity contribution in [3.8, 4) is 0 Å². The largest absolute Gasteiger partial charge is 0.416 e. The monoisotopic (exact) mass is 306 g/mol. The molecule has 1 aromatic heterocycles. The van der Waals surface area contributed by atoms with Crippen LogP contribution in [0.4, 0.5) is 13.2 Å². The van der Waals surface area contributed by atoms with Gasteiger partial charge in [-0.15, -0.1) is 0 Å². The van der Waals surface area contributed by atoms with Crippen LogP contribution in [0.2, 0.25) is 0 Å². The third-order valence-corrected chi connectivity index (χ3v) is 3.71. The van der Waals surface area contributed by atoms with Gasteiger partial charge in [0.2, 0.25) is 0 Å². The molecule has 0 N–H and O–H groups in total. The summed E-state index contributed by atoms with van der Waals surface area (Å²) in [5.74, 6) is 0. The molecule has 106 valence electrons. The van der Waals surface area contributed by atoms with Crippen molar-refractivity contribution in [2.45, 2.75) is 16.2 Å². The van der Waals surface area contributed by atoms with Crippen LogP contribution >= 0.6 is 11.8 Å². The second-order valence-electron chi connectivity index (χ2n) is 4.34. The summed E-state index contributed by atoms with van der Waals surface area (Å²) in [6.07, 6.45) is -2.68. The average Bonchev–Trinajstić information content (AvgIpc) is 2.46. The summed E-state index contributed by atoms with van der Waals surface area (Å²) in [6, 6.07) is 12.6. The fraction of sp³-hybridized carbons (Fsp3) is 0.0667. The van der Waals surface area contributed by atoms with E-state index in [-0.39, 0.29) is 0 Å². The van der Waals surface area contributed by atoms with Gasteiger partial charge in [-0.25, -0.2) is 9.97 Å². The number of halogens is 3. The molecule has 0 amide bonds. The molecule has 0 saturated carbocycles. The Balaban J connectivity index is 1.91. The van der Waals surface area contributed by atoms with Gasteiger partial charge >= 0.3 is 6.18 Å². The van der Waals surface area contributed by atoms with Crippen LogP contribution in [0.5, 0.6) is 0 Å². The third kappa shape index (κ3) is 3.16. The van der Waals surface area contributed by atoms with Crippen molar-refractivity contribution in [2.24, 2.45) is 0 Å². The highest BCUT2D eigenvalue weighted by Crippen LogP contribution is 2.33. The van der Waals surface area contributed by atoms with Crippen LogP contribution in [-0.2, 0) is 6.18 Å². The normalized spacial score (nSPS) is 11.8. The lowest BCUT2D eigenvalue weighted by Crippen LogP contribution is -2.04. The van der Waals surface area contributed by atoms with Crippen LogP contribution in [0.25, 0.3) is 10.9 Å². The maximum Gasteiger partial charge on any atom is 0.416 e. The van der Waals surface area contributed by atoms with E-state index >= 15 is 0 Å². The molecule has 0 bridgehead atoms. The Hall–Kier alpha value is -2.08. The maximum atomic E-state index is 12.7. The second kappa shape index (κ2) is 5.37. The van der Waals surface area contributed by atoms with Gasteiger partial charge in [0.1, 0.15) is 0 Å². The van der Waals surface area contributed by atoms with Gasteiger partial charge < -0.3 is 0 Å². The fourth-order valence-corrected chi connectivity index (χ4v) is 2.64. The number of hydrogen-bond donors (Lipinski definition) is 0. The molecule has 0 spiro atoms. The minimum atomic E-state index is -4.35. The molecular weight excluding hydrogens is 297 g/mol. The van der Waals surface area contributed by atoms with Gasteiger partial charge in [0.05, 0.1) is 11.1 Å². The number of nitrogens with zero attached hydrogens (tertiary/aromatic N) is 2. The summed E-state index contributed by atoms with van der Waals surface area (Å²) in [5, 5.41) is 1.32. The topological polar surface area (TPSA) is 25.8 Å². The molecule has 1 heterocycles. The minimum Gasteiger partial charge on any atom is -0.230 e. The Kier molecular flexibility index (Phi) is 3.55. The van der Waals surface area contributed by atoms with Crippen molar-refractivity contribution in [1.29, 1.82) is 0 Å². The first-order chi connectivity index (χ1) is 10.0. The summed E-state index contributed by atoms with van der Waals surface area (Å²) in [6.45, 7) is 0. The maximum absolute atomic E-state index is 12.7. The van der Waals surface area contributed by atoms with Crippen LogP contribution in [0, 0.1) is 0 Å². The molecule has 0 aliphatic heterocycles. The predicted octanol–water partition coefficient (Wildman–Crippen LogP) is 4.80. The molecule has 0 radical (unpaired) electrons. The quantitative estimate of drug-likeness (QED) is 0.636. The summed E-state index contributed by atoms with van der Waals surface area (Å²) in [5.41, 5.74) is 0.0928. The van der Waals surface area contributed by atoms with E-state index in [0.717, 1.165) is 34.8 Å². The Morgan fingerprint density at radius 2 is 1.76 bits per heavy atom. The van der Waals surface area contributed by atoms with Crippen LogP contribution in [0.3, 0.4) is 0 Å². The smallest absolute Gasteiger partial charge is 0.230 e. The number of fused-ring (bicyclic) bond motifs is 1. The number of para-hydroxylation sites is 1. The van der Waals surface area contributed by atoms with Gasteiger partial charge in [0.25, 0.3) is 0 Å². The van der Waals surface area contributed by atoms with E-state index in [9.17, 15) is 13.2 Å². The summed E-state index contributed by atoms with van der Waals surface area (Å²) >= 11 is 1.11. The summed E-state index contributed by atoms with van der Waals surface area (Å²) < 4.78 is 38.0. The van der Waals surface area contributed by atoms with Gasteiger partial charge in [-0.05, 0) is 36.0 Å². The van der Waals surface area contributed by atoms with Gasteiger partial charge in [0.15, 0.2) is 5.16 Å². The fourth-order valence-electron chi connectivity index (χ4n) is 1.85. The average molecular weight is 306 g/mol. The van der Waals surface area contributed by atoms with E-state index in [2.05, 4.69) is 9.97 Å². The number of alkyl halides is 3. The molecular formula is C15H9F3N2S. The molecule has 0 fully saturated rings. The Morgan fingerprint density at radius 3 is 2.57 bits per heavy atom. The highest BCUT2D eigenvalue weighted by Gasteiger charge is 2.30. The highest BCUT2D eigenvalue weighted by atomic mass is 32.2. The van der Waals surface area contributed by atoms with Crippen molar-refractivity contribution in [1.82, 2.24) is 9.97 Å². The lowest BCUT2D eigenvalue weighted by molar-refractivity contribution is -0.137. The standard InChI is InChI=1S/C15H9F3N2S/c16-15(17,18)11-5-3-6-12(8-11)21-14-19-9-10-4-1-2-7-13(10)20-14/h1-9H. The SMILES string of the molecule is FC(F)(F)c1cccc(Sc2ncc3ccccc3n2)c1. The van der Waals surface area contributed by atoms with Crippen molar-refractivity contribution in [2.75, 3.05) is 0 Å². The molecule has 0 unspecified atom stereocenters. The number of aromatic nitrogens is 2. The highest BCUT2D eigenvalue weighted by molar-refractivity contribution is 7.99. The zero-order chi connectivity index (χ0) is 14.9. The molecule has 0 aliphatic rings. The number of benzene rings is 2. The van der Waals surface area contributed by atoms with Gasteiger partial charge in [0, 0.05) is 16.5 Å². The van der Waals surface area contributed by atoms with E-state index in [1.807, 2.05) is 24.3 Å². The van der Waals surface area contributed by atoms with E-state index < -0.39 is 11.7 Å². The van der Waals surface area contributed by atoms with Gasteiger partial charge in [-0.1, -0.05) is 24.3 Å². The molecule has 6 heteroatoms. The number of rotatable bonds is 2. The van der Waals surface area contributed by atoms with Crippen LogP contribution in [-0.4, -0.2) is 9.97 Å². The van der Waals surface area contributed by atoms with Gasteiger partial charge in [-0.2, -0.15) is 13.2 Å². The Bertz CT molecular complexity index is 787. The van der Waals surface area contributed by atoms with Crippen molar-refractivity contribution in [3.05, 3.63) is 60.3 Å². The number of hydrogen-bond acceptors (Lipinski definition) is 3. The first-order valence-electron chi connectivity index (χ1n) is 6.09. The molecule has 0 atom stereocenters. The molecule has 2 aromatic carbocycles. The molecule has 3 aromatic rings. The predicted molar refractivity (Wildman–Crippen MR) is 75.1 cm³/mol. The van der Waals surface area contributed by atoms with E-state index in [1.165, 1.54) is 6.07 Å².